The summed E-state index contributed by atoms with van der Waals surface area (Å²) in [6.45, 7) is 4.02. The maximum Gasteiger partial charge on any atom is 0.277 e. The standard InChI is InChI=1S/C19H16ClFN6O2S/c1-11-5-14(12(2)27(11)13-3-4-16(21)15(20)6-13)17(28)8-30-19-25-24-18(29-19)7-26-10-22-9-23-26/h3-6,9-10H,7-8H2,1-2H3. The van der Waals surface area contributed by atoms with Crippen LogP contribution in [0.1, 0.15) is 27.6 Å². The summed E-state index contributed by atoms with van der Waals surface area (Å²) in [4.78, 5) is 16.6. The number of ketones is 1. The Morgan fingerprint density at radius 2 is 2.10 bits per heavy atom. The summed E-state index contributed by atoms with van der Waals surface area (Å²) >= 11 is 7.08. The minimum atomic E-state index is -0.488. The van der Waals surface area contributed by atoms with E-state index in [1.165, 1.54) is 30.2 Å². The number of aromatic nitrogens is 6. The summed E-state index contributed by atoms with van der Waals surface area (Å²) in [7, 11) is 0. The van der Waals surface area contributed by atoms with Crippen LogP contribution < -0.4 is 0 Å². The topological polar surface area (TPSA) is 91.6 Å². The molecule has 0 bridgehead atoms. The summed E-state index contributed by atoms with van der Waals surface area (Å²) in [5, 5.41) is 12.2. The highest BCUT2D eigenvalue weighted by molar-refractivity contribution is 7.99. The number of carbonyl (C=O) groups is 1. The molecule has 0 atom stereocenters. The first-order valence-electron chi connectivity index (χ1n) is 8.87. The minimum absolute atomic E-state index is 0.0292. The molecular formula is C19H16ClFN6O2S. The number of Topliss-reactive ketones (excluding diaryl/α,β-unsaturated/α-hetero) is 1. The number of halogens is 2. The van der Waals surface area contributed by atoms with E-state index in [0.29, 0.717) is 28.9 Å². The number of carbonyl (C=O) groups excluding carboxylic acids is 1. The van der Waals surface area contributed by atoms with E-state index in [1.807, 2.05) is 18.4 Å². The van der Waals surface area contributed by atoms with Gasteiger partial charge in [-0.1, -0.05) is 23.4 Å². The Labute approximate surface area is 180 Å². The predicted molar refractivity (Wildman–Crippen MR) is 109 cm³/mol. The summed E-state index contributed by atoms with van der Waals surface area (Å²) < 4.78 is 22.5. The second kappa shape index (κ2) is 8.41. The molecule has 0 fully saturated rings. The van der Waals surface area contributed by atoms with Gasteiger partial charge in [0, 0.05) is 22.6 Å². The molecule has 0 aliphatic heterocycles. The molecule has 0 aliphatic carbocycles. The second-order valence-electron chi connectivity index (χ2n) is 6.49. The maximum absolute atomic E-state index is 13.5. The Morgan fingerprint density at radius 3 is 2.83 bits per heavy atom. The van der Waals surface area contributed by atoms with Gasteiger partial charge in [0.25, 0.3) is 5.22 Å². The smallest absolute Gasteiger partial charge is 0.277 e. The summed E-state index contributed by atoms with van der Waals surface area (Å²) in [6, 6.07) is 6.27. The molecule has 0 aliphatic rings. The van der Waals surface area contributed by atoms with E-state index < -0.39 is 5.82 Å². The van der Waals surface area contributed by atoms with Crippen LogP contribution in [-0.4, -0.2) is 41.1 Å². The lowest BCUT2D eigenvalue weighted by Gasteiger charge is -2.10. The van der Waals surface area contributed by atoms with E-state index in [1.54, 1.807) is 23.1 Å². The Morgan fingerprint density at radius 1 is 1.27 bits per heavy atom. The van der Waals surface area contributed by atoms with Crippen molar-refractivity contribution >= 4 is 29.1 Å². The van der Waals surface area contributed by atoms with Gasteiger partial charge in [-0.3, -0.25) is 4.79 Å². The van der Waals surface area contributed by atoms with Gasteiger partial charge in [0.15, 0.2) is 5.78 Å². The molecule has 0 radical (unpaired) electrons. The fourth-order valence-corrected chi connectivity index (χ4v) is 3.92. The van der Waals surface area contributed by atoms with Gasteiger partial charge < -0.3 is 8.98 Å². The Kier molecular flexibility index (Phi) is 5.69. The van der Waals surface area contributed by atoms with E-state index >= 15 is 0 Å². The molecule has 154 valence electrons. The molecule has 0 amide bonds. The second-order valence-corrected chi connectivity index (χ2v) is 7.82. The normalized spacial score (nSPS) is 11.2. The van der Waals surface area contributed by atoms with E-state index in [-0.39, 0.29) is 16.6 Å². The van der Waals surface area contributed by atoms with Crippen LogP contribution in [-0.2, 0) is 6.54 Å². The fraction of sp³-hybridized carbons (Fsp3) is 0.211. The lowest BCUT2D eigenvalue weighted by atomic mass is 10.2. The van der Waals surface area contributed by atoms with E-state index in [2.05, 4.69) is 20.3 Å². The molecule has 30 heavy (non-hydrogen) atoms. The van der Waals surface area contributed by atoms with E-state index in [4.69, 9.17) is 16.0 Å². The van der Waals surface area contributed by atoms with Gasteiger partial charge in [0.05, 0.1) is 10.8 Å². The highest BCUT2D eigenvalue weighted by Gasteiger charge is 2.19. The van der Waals surface area contributed by atoms with Crippen molar-refractivity contribution < 1.29 is 13.6 Å². The van der Waals surface area contributed by atoms with Crippen LogP contribution in [0.3, 0.4) is 0 Å². The minimum Gasteiger partial charge on any atom is -0.414 e. The molecule has 0 spiro atoms. The first-order chi connectivity index (χ1) is 14.4. The number of hydrogen-bond acceptors (Lipinski definition) is 7. The lowest BCUT2D eigenvalue weighted by Crippen LogP contribution is -2.05. The van der Waals surface area contributed by atoms with Gasteiger partial charge in [-0.2, -0.15) is 5.10 Å². The number of thioether (sulfide) groups is 1. The molecule has 4 rings (SSSR count). The molecule has 8 nitrogen and oxygen atoms in total. The Hall–Kier alpha value is -2.98. The van der Waals surface area contributed by atoms with Crippen LogP contribution >= 0.6 is 23.4 Å². The predicted octanol–water partition coefficient (Wildman–Crippen LogP) is 3.88. The van der Waals surface area contributed by atoms with Crippen molar-refractivity contribution in [2.45, 2.75) is 25.6 Å². The Bertz CT molecular complexity index is 1200. The third-order valence-electron chi connectivity index (χ3n) is 4.43. The van der Waals surface area contributed by atoms with Crippen LogP contribution in [0.5, 0.6) is 0 Å². The van der Waals surface area contributed by atoms with Crippen LogP contribution in [0.4, 0.5) is 4.39 Å². The summed E-state index contributed by atoms with van der Waals surface area (Å²) in [6.07, 6.45) is 2.96. The number of rotatable bonds is 7. The number of nitrogens with zero attached hydrogens (tertiary/aromatic N) is 6. The van der Waals surface area contributed by atoms with Gasteiger partial charge in [-0.05, 0) is 38.1 Å². The van der Waals surface area contributed by atoms with E-state index in [9.17, 15) is 9.18 Å². The summed E-state index contributed by atoms with van der Waals surface area (Å²) in [5.74, 6) is -0.0527. The van der Waals surface area contributed by atoms with Crippen molar-refractivity contribution in [2.75, 3.05) is 5.75 Å². The van der Waals surface area contributed by atoms with Crippen molar-refractivity contribution in [1.29, 1.82) is 0 Å². The van der Waals surface area contributed by atoms with Crippen molar-refractivity contribution in [3.8, 4) is 5.69 Å². The fourth-order valence-electron chi connectivity index (χ4n) is 3.08. The highest BCUT2D eigenvalue weighted by Crippen LogP contribution is 2.26. The van der Waals surface area contributed by atoms with Crippen LogP contribution in [0.15, 0.2) is 46.6 Å². The third-order valence-corrected chi connectivity index (χ3v) is 5.54. The maximum atomic E-state index is 13.5. The van der Waals surface area contributed by atoms with Gasteiger partial charge in [-0.25, -0.2) is 14.1 Å². The molecule has 3 heterocycles. The summed E-state index contributed by atoms with van der Waals surface area (Å²) in [5.41, 5.74) is 2.86. The van der Waals surface area contributed by atoms with Crippen LogP contribution in [0.25, 0.3) is 5.69 Å². The highest BCUT2D eigenvalue weighted by atomic mass is 35.5. The van der Waals surface area contributed by atoms with Gasteiger partial charge in [-0.15, -0.1) is 10.2 Å². The van der Waals surface area contributed by atoms with Crippen molar-refractivity contribution in [3.05, 3.63) is 70.6 Å². The Balaban J connectivity index is 1.46. The quantitative estimate of drug-likeness (QED) is 0.314. The first kappa shape index (κ1) is 20.3. The zero-order valence-electron chi connectivity index (χ0n) is 16.0. The number of hydrogen-bond donors (Lipinski definition) is 0. The third kappa shape index (κ3) is 4.14. The largest absolute Gasteiger partial charge is 0.414 e. The van der Waals surface area contributed by atoms with Gasteiger partial charge >= 0.3 is 0 Å². The molecule has 11 heteroatoms. The monoisotopic (exact) mass is 446 g/mol. The zero-order chi connectivity index (χ0) is 21.3. The van der Waals surface area contributed by atoms with E-state index in [0.717, 1.165) is 11.4 Å². The molecule has 0 saturated heterocycles. The number of benzene rings is 1. The molecule has 0 saturated carbocycles. The van der Waals surface area contributed by atoms with Crippen molar-refractivity contribution in [2.24, 2.45) is 0 Å². The molecule has 4 aromatic rings. The molecule has 0 unspecified atom stereocenters. The number of aryl methyl sites for hydroxylation is 1. The SMILES string of the molecule is Cc1cc(C(=O)CSc2nnc(Cn3cncn3)o2)c(C)n1-c1ccc(F)c(Cl)c1. The lowest BCUT2D eigenvalue weighted by molar-refractivity contribution is 0.102. The van der Waals surface area contributed by atoms with Crippen LogP contribution in [0, 0.1) is 19.7 Å². The zero-order valence-corrected chi connectivity index (χ0v) is 17.6. The first-order valence-corrected chi connectivity index (χ1v) is 10.2. The average Bonchev–Trinajstić information content (AvgIpc) is 3.44. The van der Waals surface area contributed by atoms with Gasteiger partial charge in [0.2, 0.25) is 5.89 Å². The molecule has 1 aromatic carbocycles. The molecule has 3 aromatic heterocycles. The van der Waals surface area contributed by atoms with Crippen LogP contribution in [0.2, 0.25) is 5.02 Å². The molecule has 0 N–H and O–H groups in total. The average molecular weight is 447 g/mol. The van der Waals surface area contributed by atoms with Crippen molar-refractivity contribution in [1.82, 2.24) is 29.5 Å². The van der Waals surface area contributed by atoms with Gasteiger partial charge in [0.1, 0.15) is 25.0 Å². The molecular weight excluding hydrogens is 431 g/mol. The van der Waals surface area contributed by atoms with Crippen molar-refractivity contribution in [3.63, 3.8) is 0 Å².